The molecule has 0 aliphatic heterocycles. The number of hydrogen-bond donors (Lipinski definition) is 1. The zero-order chi connectivity index (χ0) is 13.2. The Morgan fingerprint density at radius 2 is 1.89 bits per heavy atom. The van der Waals surface area contributed by atoms with Crippen molar-refractivity contribution in [1.29, 1.82) is 0 Å². The standard InChI is InChI=1S/C15H12FN3/c16-13-9-18-8-6-12(13)15(17)11-3-1-5-14-10(11)4-2-7-19-14/h1-9,15H,17H2. The van der Waals surface area contributed by atoms with Gasteiger partial charge in [0.15, 0.2) is 0 Å². The molecule has 2 heterocycles. The van der Waals surface area contributed by atoms with Crippen molar-refractivity contribution in [2.24, 2.45) is 5.73 Å². The van der Waals surface area contributed by atoms with Crippen LogP contribution in [0, 0.1) is 5.82 Å². The van der Waals surface area contributed by atoms with E-state index in [-0.39, 0.29) is 0 Å². The fraction of sp³-hybridized carbons (Fsp3) is 0.0667. The fourth-order valence-electron chi connectivity index (χ4n) is 2.20. The molecule has 0 aliphatic carbocycles. The van der Waals surface area contributed by atoms with Gasteiger partial charge in [-0.05, 0) is 23.8 Å². The summed E-state index contributed by atoms with van der Waals surface area (Å²) in [4.78, 5) is 8.02. The summed E-state index contributed by atoms with van der Waals surface area (Å²) in [7, 11) is 0. The molecule has 1 unspecified atom stereocenters. The summed E-state index contributed by atoms with van der Waals surface area (Å²) in [5.41, 5.74) is 8.33. The maximum atomic E-state index is 13.8. The molecule has 4 heteroatoms. The van der Waals surface area contributed by atoms with E-state index in [0.29, 0.717) is 5.56 Å². The predicted octanol–water partition coefficient (Wildman–Crippen LogP) is 2.82. The van der Waals surface area contributed by atoms with Gasteiger partial charge in [0.2, 0.25) is 0 Å². The second kappa shape index (κ2) is 4.74. The van der Waals surface area contributed by atoms with Gasteiger partial charge in [-0.2, -0.15) is 0 Å². The Balaban J connectivity index is 2.17. The number of fused-ring (bicyclic) bond motifs is 1. The Hall–Kier alpha value is -2.33. The minimum Gasteiger partial charge on any atom is -0.320 e. The summed E-state index contributed by atoms with van der Waals surface area (Å²) in [6.45, 7) is 0. The molecule has 0 amide bonds. The van der Waals surface area contributed by atoms with Gasteiger partial charge in [0.1, 0.15) is 5.82 Å². The van der Waals surface area contributed by atoms with Crippen molar-refractivity contribution in [2.75, 3.05) is 0 Å². The van der Waals surface area contributed by atoms with Gasteiger partial charge in [0.25, 0.3) is 0 Å². The molecule has 94 valence electrons. The molecule has 3 nitrogen and oxygen atoms in total. The van der Waals surface area contributed by atoms with Gasteiger partial charge in [-0.15, -0.1) is 0 Å². The molecule has 2 N–H and O–H groups in total. The molecule has 2 aromatic heterocycles. The first kappa shape index (κ1) is 11.7. The van der Waals surface area contributed by atoms with E-state index in [1.807, 2.05) is 30.3 Å². The highest BCUT2D eigenvalue weighted by Crippen LogP contribution is 2.27. The maximum Gasteiger partial charge on any atom is 0.146 e. The van der Waals surface area contributed by atoms with Crippen LogP contribution in [0.2, 0.25) is 0 Å². The second-order valence-electron chi connectivity index (χ2n) is 4.29. The predicted molar refractivity (Wildman–Crippen MR) is 72.0 cm³/mol. The van der Waals surface area contributed by atoms with Crippen molar-refractivity contribution in [2.45, 2.75) is 6.04 Å². The Labute approximate surface area is 109 Å². The van der Waals surface area contributed by atoms with E-state index >= 15 is 0 Å². The lowest BCUT2D eigenvalue weighted by Crippen LogP contribution is -2.14. The fourth-order valence-corrected chi connectivity index (χ4v) is 2.20. The van der Waals surface area contributed by atoms with Crippen LogP contribution in [-0.4, -0.2) is 9.97 Å². The molecule has 1 atom stereocenters. The Kier molecular flexibility index (Phi) is 2.93. The summed E-state index contributed by atoms with van der Waals surface area (Å²) in [5, 5.41) is 0.939. The number of hydrogen-bond acceptors (Lipinski definition) is 3. The number of aromatic nitrogens is 2. The number of nitrogens with zero attached hydrogens (tertiary/aromatic N) is 2. The first-order valence-electron chi connectivity index (χ1n) is 5.96. The zero-order valence-electron chi connectivity index (χ0n) is 10.1. The van der Waals surface area contributed by atoms with Crippen molar-refractivity contribution >= 4 is 10.9 Å². The molecule has 1 aromatic carbocycles. The van der Waals surface area contributed by atoms with E-state index in [2.05, 4.69) is 9.97 Å². The minimum absolute atomic E-state index is 0.393. The Morgan fingerprint density at radius 3 is 2.74 bits per heavy atom. The highest BCUT2D eigenvalue weighted by molar-refractivity contribution is 5.82. The van der Waals surface area contributed by atoms with E-state index in [1.165, 1.54) is 6.20 Å². The van der Waals surface area contributed by atoms with Gasteiger partial charge >= 0.3 is 0 Å². The number of benzene rings is 1. The van der Waals surface area contributed by atoms with Gasteiger partial charge < -0.3 is 5.73 Å². The van der Waals surface area contributed by atoms with Crippen molar-refractivity contribution < 1.29 is 4.39 Å². The minimum atomic E-state index is -0.532. The van der Waals surface area contributed by atoms with Crippen LogP contribution in [0.3, 0.4) is 0 Å². The maximum absolute atomic E-state index is 13.8. The van der Waals surface area contributed by atoms with Crippen LogP contribution >= 0.6 is 0 Å². The van der Waals surface area contributed by atoms with E-state index in [1.54, 1.807) is 18.5 Å². The number of halogens is 1. The lowest BCUT2D eigenvalue weighted by atomic mass is 9.96. The summed E-state index contributed by atoms with van der Waals surface area (Å²) < 4.78 is 13.8. The third-order valence-electron chi connectivity index (χ3n) is 3.15. The molecule has 3 aromatic rings. The third kappa shape index (κ3) is 2.06. The molecule has 0 saturated heterocycles. The van der Waals surface area contributed by atoms with E-state index in [0.717, 1.165) is 16.5 Å². The molecule has 0 radical (unpaired) electrons. The molecule has 19 heavy (non-hydrogen) atoms. The first-order chi connectivity index (χ1) is 9.27. The summed E-state index contributed by atoms with van der Waals surface area (Å²) in [6, 6.07) is 10.6. The normalized spacial score (nSPS) is 12.5. The van der Waals surface area contributed by atoms with Crippen LogP contribution in [0.25, 0.3) is 10.9 Å². The van der Waals surface area contributed by atoms with Crippen LogP contribution in [-0.2, 0) is 0 Å². The van der Waals surface area contributed by atoms with Crippen molar-refractivity contribution in [3.8, 4) is 0 Å². The lowest BCUT2D eigenvalue weighted by molar-refractivity contribution is 0.594. The summed E-state index contributed by atoms with van der Waals surface area (Å²) in [5.74, 6) is -0.393. The molecule has 3 rings (SSSR count). The average Bonchev–Trinajstić information content (AvgIpc) is 2.46. The monoisotopic (exact) mass is 253 g/mol. The molecular weight excluding hydrogens is 241 g/mol. The zero-order valence-corrected chi connectivity index (χ0v) is 10.1. The molecule has 0 fully saturated rings. The topological polar surface area (TPSA) is 51.8 Å². The average molecular weight is 253 g/mol. The van der Waals surface area contributed by atoms with Gasteiger partial charge in [0, 0.05) is 23.3 Å². The number of pyridine rings is 2. The molecule has 0 bridgehead atoms. The van der Waals surface area contributed by atoms with Crippen LogP contribution in [0.5, 0.6) is 0 Å². The molecule has 0 aliphatic rings. The van der Waals surface area contributed by atoms with E-state index in [9.17, 15) is 4.39 Å². The van der Waals surface area contributed by atoms with Gasteiger partial charge in [-0.1, -0.05) is 18.2 Å². The Bertz CT molecular complexity index is 722. The molecular formula is C15H12FN3. The van der Waals surface area contributed by atoms with Gasteiger partial charge in [-0.25, -0.2) is 4.39 Å². The number of nitrogens with two attached hydrogens (primary N) is 1. The SMILES string of the molecule is NC(c1ccncc1F)c1cccc2ncccc12. The van der Waals surface area contributed by atoms with Crippen molar-refractivity contribution in [3.05, 3.63) is 71.9 Å². The lowest BCUT2D eigenvalue weighted by Gasteiger charge is -2.15. The smallest absolute Gasteiger partial charge is 0.146 e. The first-order valence-corrected chi connectivity index (χ1v) is 5.96. The van der Waals surface area contributed by atoms with Crippen molar-refractivity contribution in [3.63, 3.8) is 0 Å². The van der Waals surface area contributed by atoms with Crippen LogP contribution in [0.15, 0.2) is 55.0 Å². The summed E-state index contributed by atoms with van der Waals surface area (Å²) >= 11 is 0. The summed E-state index contributed by atoms with van der Waals surface area (Å²) in [6.07, 6.45) is 4.45. The van der Waals surface area contributed by atoms with Gasteiger partial charge in [0.05, 0.1) is 17.8 Å². The third-order valence-corrected chi connectivity index (χ3v) is 3.15. The van der Waals surface area contributed by atoms with Crippen LogP contribution < -0.4 is 5.73 Å². The highest BCUT2D eigenvalue weighted by atomic mass is 19.1. The Morgan fingerprint density at radius 1 is 1.00 bits per heavy atom. The van der Waals surface area contributed by atoms with Gasteiger partial charge in [-0.3, -0.25) is 9.97 Å². The largest absolute Gasteiger partial charge is 0.320 e. The molecule has 0 spiro atoms. The second-order valence-corrected chi connectivity index (χ2v) is 4.29. The van der Waals surface area contributed by atoms with Crippen LogP contribution in [0.1, 0.15) is 17.2 Å². The highest BCUT2D eigenvalue weighted by Gasteiger charge is 2.15. The van der Waals surface area contributed by atoms with Crippen LogP contribution in [0.4, 0.5) is 4.39 Å². The quantitative estimate of drug-likeness (QED) is 0.764. The number of rotatable bonds is 2. The van der Waals surface area contributed by atoms with E-state index < -0.39 is 11.9 Å². The molecule has 0 saturated carbocycles. The van der Waals surface area contributed by atoms with E-state index in [4.69, 9.17) is 5.73 Å². The van der Waals surface area contributed by atoms with Crippen molar-refractivity contribution in [1.82, 2.24) is 9.97 Å².